The van der Waals surface area contributed by atoms with Crippen molar-refractivity contribution in [2.24, 2.45) is 0 Å². The second-order valence-electron chi connectivity index (χ2n) is 4.81. The molecule has 0 N–H and O–H groups in total. The van der Waals surface area contributed by atoms with Gasteiger partial charge in [0.05, 0.1) is 12.7 Å². The first-order valence-corrected chi connectivity index (χ1v) is 6.56. The first-order valence-electron chi connectivity index (χ1n) is 5.77. The summed E-state index contributed by atoms with van der Waals surface area (Å²) in [6.45, 7) is 3.82. The Kier molecular flexibility index (Phi) is 5.35. The highest BCUT2D eigenvalue weighted by Gasteiger charge is 2.21. The van der Waals surface area contributed by atoms with Crippen molar-refractivity contribution in [2.75, 3.05) is 14.2 Å². The molecule has 0 heterocycles. The molecule has 0 unspecified atom stereocenters. The molecule has 0 saturated carbocycles. The van der Waals surface area contributed by atoms with Crippen LogP contribution in [0, 0.1) is 0 Å². The zero-order valence-electron chi connectivity index (χ0n) is 11.2. The molecule has 100 valence electrons. The zero-order chi connectivity index (χ0) is 13.8. The summed E-state index contributed by atoms with van der Waals surface area (Å²) in [4.78, 5) is 12.0. The van der Waals surface area contributed by atoms with Gasteiger partial charge in [0.2, 0.25) is 0 Å². The number of Topliss-reactive ketones (excluding diaryl/α,β-unsaturated/α-hetero) is 1. The molecule has 0 aliphatic rings. The Morgan fingerprint density at radius 2 is 2.00 bits per heavy atom. The molecule has 0 atom stereocenters. The average molecular weight is 315 g/mol. The Morgan fingerprint density at radius 1 is 1.33 bits per heavy atom. The van der Waals surface area contributed by atoms with E-state index in [0.29, 0.717) is 12.8 Å². The Balaban J connectivity index is 2.75. The van der Waals surface area contributed by atoms with Crippen molar-refractivity contribution in [3.05, 3.63) is 28.2 Å². The Hall–Kier alpha value is -0.870. The third-order valence-electron chi connectivity index (χ3n) is 2.82. The maximum Gasteiger partial charge on any atom is 0.140 e. The quantitative estimate of drug-likeness (QED) is 0.807. The van der Waals surface area contributed by atoms with E-state index in [9.17, 15) is 4.79 Å². The van der Waals surface area contributed by atoms with Gasteiger partial charge in [-0.05, 0) is 37.6 Å². The lowest BCUT2D eigenvalue weighted by atomic mass is 9.97. The molecule has 1 rings (SSSR count). The van der Waals surface area contributed by atoms with Crippen molar-refractivity contribution in [3.8, 4) is 5.75 Å². The Bertz CT molecular complexity index is 427. The van der Waals surface area contributed by atoms with Gasteiger partial charge in [-0.25, -0.2) is 0 Å². The number of benzene rings is 1. The van der Waals surface area contributed by atoms with Crippen LogP contribution in [-0.4, -0.2) is 25.6 Å². The first kappa shape index (κ1) is 15.2. The maximum absolute atomic E-state index is 12.0. The van der Waals surface area contributed by atoms with E-state index in [4.69, 9.17) is 9.47 Å². The number of hydrogen-bond acceptors (Lipinski definition) is 3. The van der Waals surface area contributed by atoms with Crippen LogP contribution in [0.4, 0.5) is 0 Å². The maximum atomic E-state index is 12.0. The van der Waals surface area contributed by atoms with Crippen molar-refractivity contribution < 1.29 is 14.3 Å². The summed E-state index contributed by atoms with van der Waals surface area (Å²) < 4.78 is 11.3. The second-order valence-corrected chi connectivity index (χ2v) is 5.67. The normalized spacial score (nSPS) is 11.4. The van der Waals surface area contributed by atoms with Crippen molar-refractivity contribution in [3.63, 3.8) is 0 Å². The molecule has 0 amide bonds. The highest BCUT2D eigenvalue weighted by Crippen LogP contribution is 2.24. The van der Waals surface area contributed by atoms with Gasteiger partial charge in [-0.15, -0.1) is 0 Å². The monoisotopic (exact) mass is 314 g/mol. The standard InChI is InChI=1S/C14H19BrO3/c1-14(2,18-4)9-11(16)7-10-8-12(17-3)5-6-13(10)15/h5-6,8H,7,9H2,1-4H3. The van der Waals surface area contributed by atoms with Gasteiger partial charge in [-0.2, -0.15) is 0 Å². The van der Waals surface area contributed by atoms with Gasteiger partial charge in [-0.3, -0.25) is 4.79 Å². The molecule has 1 aromatic rings. The summed E-state index contributed by atoms with van der Waals surface area (Å²) in [5, 5.41) is 0. The number of rotatable bonds is 6. The Morgan fingerprint density at radius 3 is 2.56 bits per heavy atom. The molecule has 18 heavy (non-hydrogen) atoms. The highest BCUT2D eigenvalue weighted by molar-refractivity contribution is 9.10. The largest absolute Gasteiger partial charge is 0.497 e. The molecule has 4 heteroatoms. The van der Waals surface area contributed by atoms with Crippen LogP contribution in [0.25, 0.3) is 0 Å². The van der Waals surface area contributed by atoms with Crippen molar-refractivity contribution >= 4 is 21.7 Å². The van der Waals surface area contributed by atoms with Gasteiger partial charge >= 0.3 is 0 Å². The summed E-state index contributed by atoms with van der Waals surface area (Å²) in [7, 11) is 3.23. The summed E-state index contributed by atoms with van der Waals surface area (Å²) in [6, 6.07) is 5.63. The smallest absolute Gasteiger partial charge is 0.140 e. The SMILES string of the molecule is COc1ccc(Br)c(CC(=O)CC(C)(C)OC)c1. The van der Waals surface area contributed by atoms with E-state index in [0.717, 1.165) is 15.8 Å². The van der Waals surface area contributed by atoms with Crippen molar-refractivity contribution in [2.45, 2.75) is 32.3 Å². The molecule has 0 saturated heterocycles. The van der Waals surface area contributed by atoms with Gasteiger partial charge in [0.15, 0.2) is 0 Å². The fraction of sp³-hybridized carbons (Fsp3) is 0.500. The molecule has 0 spiro atoms. The van der Waals surface area contributed by atoms with Gasteiger partial charge in [-0.1, -0.05) is 15.9 Å². The molecular formula is C14H19BrO3. The predicted molar refractivity (Wildman–Crippen MR) is 75.1 cm³/mol. The number of ether oxygens (including phenoxy) is 2. The Labute approximate surface area is 117 Å². The molecular weight excluding hydrogens is 296 g/mol. The van der Waals surface area contributed by atoms with Crippen LogP contribution in [-0.2, 0) is 16.0 Å². The van der Waals surface area contributed by atoms with E-state index in [1.54, 1.807) is 14.2 Å². The lowest BCUT2D eigenvalue weighted by Gasteiger charge is -2.21. The summed E-state index contributed by atoms with van der Waals surface area (Å²) in [6.07, 6.45) is 0.776. The molecule has 0 aliphatic heterocycles. The van der Waals surface area contributed by atoms with Crippen LogP contribution >= 0.6 is 15.9 Å². The average Bonchev–Trinajstić information content (AvgIpc) is 2.31. The van der Waals surface area contributed by atoms with Crippen LogP contribution in [0.1, 0.15) is 25.8 Å². The third-order valence-corrected chi connectivity index (χ3v) is 3.59. The summed E-state index contributed by atoms with van der Waals surface area (Å²) >= 11 is 3.45. The van der Waals surface area contributed by atoms with Crippen LogP contribution < -0.4 is 4.74 Å². The number of ketones is 1. The second kappa shape index (κ2) is 6.34. The third kappa shape index (κ3) is 4.42. The van der Waals surface area contributed by atoms with E-state index in [2.05, 4.69) is 15.9 Å². The summed E-state index contributed by atoms with van der Waals surface area (Å²) in [5.41, 5.74) is 0.522. The molecule has 0 fully saturated rings. The van der Waals surface area contributed by atoms with Gasteiger partial charge in [0.1, 0.15) is 11.5 Å². The first-order chi connectivity index (χ1) is 8.38. The zero-order valence-corrected chi connectivity index (χ0v) is 12.8. The van der Waals surface area contributed by atoms with E-state index in [1.165, 1.54) is 0 Å². The molecule has 0 aromatic heterocycles. The highest BCUT2D eigenvalue weighted by atomic mass is 79.9. The minimum atomic E-state index is -0.414. The number of methoxy groups -OCH3 is 2. The topological polar surface area (TPSA) is 35.5 Å². The van der Waals surface area contributed by atoms with Gasteiger partial charge in [0.25, 0.3) is 0 Å². The van der Waals surface area contributed by atoms with Crippen molar-refractivity contribution in [1.29, 1.82) is 0 Å². The predicted octanol–water partition coefficient (Wildman–Crippen LogP) is 3.38. The van der Waals surface area contributed by atoms with Crippen LogP contribution in [0.3, 0.4) is 0 Å². The minimum absolute atomic E-state index is 0.149. The van der Waals surface area contributed by atoms with E-state index in [-0.39, 0.29) is 5.78 Å². The number of carbonyl (C=O) groups excluding carboxylic acids is 1. The number of hydrogen-bond donors (Lipinski definition) is 0. The van der Waals surface area contributed by atoms with Gasteiger partial charge in [0, 0.05) is 24.4 Å². The molecule has 3 nitrogen and oxygen atoms in total. The van der Waals surface area contributed by atoms with E-state index < -0.39 is 5.60 Å². The van der Waals surface area contributed by atoms with E-state index in [1.807, 2.05) is 32.0 Å². The molecule has 0 aliphatic carbocycles. The van der Waals surface area contributed by atoms with Crippen LogP contribution in [0.2, 0.25) is 0 Å². The number of carbonyl (C=O) groups is 1. The van der Waals surface area contributed by atoms with Crippen molar-refractivity contribution in [1.82, 2.24) is 0 Å². The fourth-order valence-corrected chi connectivity index (χ4v) is 2.02. The number of halogens is 1. The molecule has 0 bridgehead atoms. The van der Waals surface area contributed by atoms with E-state index >= 15 is 0 Å². The summed E-state index contributed by atoms with van der Waals surface area (Å²) in [5.74, 6) is 0.905. The lowest BCUT2D eigenvalue weighted by Crippen LogP contribution is -2.27. The van der Waals surface area contributed by atoms with Crippen LogP contribution in [0.5, 0.6) is 5.75 Å². The minimum Gasteiger partial charge on any atom is -0.497 e. The lowest BCUT2D eigenvalue weighted by molar-refractivity contribution is -0.123. The molecule has 0 radical (unpaired) electrons. The molecule has 1 aromatic carbocycles. The fourth-order valence-electron chi connectivity index (χ4n) is 1.64. The van der Waals surface area contributed by atoms with Gasteiger partial charge < -0.3 is 9.47 Å². The van der Waals surface area contributed by atoms with Crippen LogP contribution in [0.15, 0.2) is 22.7 Å².